The molecule has 1 aromatic carbocycles. The molecule has 0 heterocycles. The van der Waals surface area contributed by atoms with Crippen molar-refractivity contribution in [1.82, 2.24) is 0 Å². The zero-order valence-corrected chi connectivity index (χ0v) is 24.9. The summed E-state index contributed by atoms with van der Waals surface area (Å²) in [5.74, 6) is 5.64. The van der Waals surface area contributed by atoms with Gasteiger partial charge in [-0.25, -0.2) is 4.79 Å². The van der Waals surface area contributed by atoms with Crippen molar-refractivity contribution in [2.24, 2.45) is 46.3 Å². The van der Waals surface area contributed by atoms with Gasteiger partial charge in [-0.15, -0.1) is 0 Å². The van der Waals surface area contributed by atoms with E-state index in [2.05, 4.69) is 40.7 Å². The van der Waals surface area contributed by atoms with Crippen molar-refractivity contribution in [3.63, 3.8) is 0 Å². The van der Waals surface area contributed by atoms with E-state index in [1.807, 2.05) is 31.2 Å². The van der Waals surface area contributed by atoms with Crippen LogP contribution in [0.2, 0.25) is 0 Å². The predicted octanol–water partition coefficient (Wildman–Crippen LogP) is 9.92. The van der Waals surface area contributed by atoms with Gasteiger partial charge in [-0.1, -0.05) is 83.2 Å². The van der Waals surface area contributed by atoms with Gasteiger partial charge in [-0.2, -0.15) is 0 Å². The zero-order valence-electron chi connectivity index (χ0n) is 24.9. The third-order valence-electron chi connectivity index (χ3n) is 11.7. The van der Waals surface area contributed by atoms with Gasteiger partial charge in [-0.3, -0.25) is 0 Å². The zero-order chi connectivity index (χ0) is 27.1. The first-order chi connectivity index (χ1) is 18.1. The standard InChI is InChI=1S/C35H52O3/c1-23(2)8-7-9-25(4)30-16-17-31-29-15-12-26-22-28(38-33(36)37-27-13-10-24(3)11-14-27)18-20-34(26,5)32(29)19-21-35(30,31)6/h10-14,23,25,28-32H,7-9,15-22H2,1-6H3/t25-,28-,29+,30-,31+,32+,34-,35+/m0/s1. The highest BCUT2D eigenvalue weighted by Gasteiger charge is 2.59. The molecule has 3 nitrogen and oxygen atoms in total. The minimum absolute atomic E-state index is 0.0692. The normalized spacial score (nSPS) is 37.0. The average Bonchev–Trinajstić information content (AvgIpc) is 3.23. The minimum atomic E-state index is -0.565. The Balaban J connectivity index is 1.21. The fourth-order valence-electron chi connectivity index (χ4n) is 9.62. The van der Waals surface area contributed by atoms with Gasteiger partial charge in [0.05, 0.1) is 0 Å². The molecule has 1 aromatic rings. The first-order valence-corrected chi connectivity index (χ1v) is 15.7. The summed E-state index contributed by atoms with van der Waals surface area (Å²) in [4.78, 5) is 12.5. The molecule has 3 heteroatoms. The molecule has 0 radical (unpaired) electrons. The molecule has 0 N–H and O–H groups in total. The summed E-state index contributed by atoms with van der Waals surface area (Å²) in [6.07, 6.45) is 16.0. The molecule has 4 aliphatic carbocycles. The second-order valence-electron chi connectivity index (χ2n) is 14.4. The van der Waals surface area contributed by atoms with Gasteiger partial charge >= 0.3 is 6.16 Å². The van der Waals surface area contributed by atoms with E-state index in [1.165, 1.54) is 51.4 Å². The Morgan fingerprint density at radius 3 is 2.47 bits per heavy atom. The number of hydrogen-bond donors (Lipinski definition) is 0. The summed E-state index contributed by atoms with van der Waals surface area (Å²) >= 11 is 0. The lowest BCUT2D eigenvalue weighted by Gasteiger charge is -2.58. The van der Waals surface area contributed by atoms with E-state index in [-0.39, 0.29) is 11.5 Å². The first-order valence-electron chi connectivity index (χ1n) is 15.7. The van der Waals surface area contributed by atoms with Crippen LogP contribution >= 0.6 is 0 Å². The maximum atomic E-state index is 12.5. The van der Waals surface area contributed by atoms with Crippen LogP contribution in [-0.2, 0) is 4.74 Å². The number of carbonyl (C=O) groups excluding carboxylic acids is 1. The van der Waals surface area contributed by atoms with Crippen molar-refractivity contribution < 1.29 is 14.3 Å². The largest absolute Gasteiger partial charge is 0.514 e. The smallest absolute Gasteiger partial charge is 0.430 e. The summed E-state index contributed by atoms with van der Waals surface area (Å²) in [7, 11) is 0. The van der Waals surface area contributed by atoms with Crippen molar-refractivity contribution >= 4 is 6.16 Å². The molecule has 0 aromatic heterocycles. The number of ether oxygens (including phenoxy) is 2. The lowest BCUT2D eigenvalue weighted by molar-refractivity contribution is -0.0597. The number of rotatable bonds is 7. The Hall–Kier alpha value is -1.77. The molecule has 0 spiro atoms. The van der Waals surface area contributed by atoms with Crippen molar-refractivity contribution in [2.45, 2.75) is 118 Å². The fraction of sp³-hybridized carbons (Fsp3) is 0.743. The summed E-state index contributed by atoms with van der Waals surface area (Å²) < 4.78 is 11.3. The van der Waals surface area contributed by atoms with Crippen LogP contribution in [0.15, 0.2) is 35.9 Å². The Bertz CT molecular complexity index is 1010. The van der Waals surface area contributed by atoms with E-state index in [9.17, 15) is 4.79 Å². The van der Waals surface area contributed by atoms with Gasteiger partial charge in [0.15, 0.2) is 0 Å². The lowest BCUT2D eigenvalue weighted by atomic mass is 9.47. The molecular weight excluding hydrogens is 468 g/mol. The van der Waals surface area contributed by atoms with Crippen LogP contribution < -0.4 is 4.74 Å². The Kier molecular flexibility index (Phi) is 8.05. The Morgan fingerprint density at radius 1 is 0.974 bits per heavy atom. The molecule has 8 atom stereocenters. The number of benzene rings is 1. The molecule has 4 aliphatic rings. The van der Waals surface area contributed by atoms with Crippen LogP contribution in [0.1, 0.15) is 111 Å². The molecule has 210 valence electrons. The van der Waals surface area contributed by atoms with Crippen LogP contribution in [0.3, 0.4) is 0 Å². The van der Waals surface area contributed by atoms with E-state index in [1.54, 1.807) is 5.57 Å². The van der Waals surface area contributed by atoms with Crippen LogP contribution in [0, 0.1) is 53.3 Å². The van der Waals surface area contributed by atoms with Gasteiger partial charge in [0.25, 0.3) is 0 Å². The van der Waals surface area contributed by atoms with Crippen molar-refractivity contribution in [3.05, 3.63) is 41.5 Å². The topological polar surface area (TPSA) is 35.5 Å². The summed E-state index contributed by atoms with van der Waals surface area (Å²) in [5, 5.41) is 0. The molecule has 0 unspecified atom stereocenters. The van der Waals surface area contributed by atoms with Gasteiger partial charge in [-0.05, 0) is 110 Å². The number of allylic oxidation sites excluding steroid dienone is 1. The number of carbonyl (C=O) groups is 1. The SMILES string of the molecule is Cc1ccc(OC(=O)O[C@H]2CC[C@@]3(C)C(=CC[C@@H]4[C@H]5CC[C@@H]([C@@H](C)CCCC(C)C)[C@@]5(C)CC[C@H]43)C2)cc1. The summed E-state index contributed by atoms with van der Waals surface area (Å²) in [6, 6.07) is 7.56. The van der Waals surface area contributed by atoms with E-state index in [0.29, 0.717) is 11.2 Å². The Morgan fingerprint density at radius 2 is 1.74 bits per heavy atom. The van der Waals surface area contributed by atoms with E-state index < -0.39 is 6.16 Å². The molecule has 3 fully saturated rings. The number of fused-ring (bicyclic) bond motifs is 5. The van der Waals surface area contributed by atoms with Gasteiger partial charge in [0, 0.05) is 6.42 Å². The van der Waals surface area contributed by atoms with Gasteiger partial charge in [0.1, 0.15) is 11.9 Å². The number of hydrogen-bond acceptors (Lipinski definition) is 3. The second kappa shape index (κ2) is 11.0. The molecule has 5 rings (SSSR count). The third kappa shape index (κ3) is 5.33. The first kappa shape index (κ1) is 27.8. The third-order valence-corrected chi connectivity index (χ3v) is 11.7. The van der Waals surface area contributed by atoms with Gasteiger partial charge < -0.3 is 9.47 Å². The highest BCUT2D eigenvalue weighted by atomic mass is 16.7. The van der Waals surface area contributed by atoms with E-state index >= 15 is 0 Å². The van der Waals surface area contributed by atoms with Crippen molar-refractivity contribution in [3.8, 4) is 5.75 Å². The monoisotopic (exact) mass is 520 g/mol. The molecular formula is C35H52O3. The van der Waals surface area contributed by atoms with Crippen molar-refractivity contribution in [2.75, 3.05) is 0 Å². The predicted molar refractivity (Wildman–Crippen MR) is 155 cm³/mol. The second-order valence-corrected chi connectivity index (χ2v) is 14.4. The van der Waals surface area contributed by atoms with Crippen molar-refractivity contribution in [1.29, 1.82) is 0 Å². The van der Waals surface area contributed by atoms with Crippen LogP contribution in [0.4, 0.5) is 4.79 Å². The molecule has 38 heavy (non-hydrogen) atoms. The van der Waals surface area contributed by atoms with Crippen LogP contribution in [0.25, 0.3) is 0 Å². The average molecular weight is 521 g/mol. The lowest BCUT2D eigenvalue weighted by Crippen LogP contribution is -2.51. The maximum absolute atomic E-state index is 12.5. The molecule has 3 saturated carbocycles. The molecule has 0 bridgehead atoms. The number of aryl methyl sites for hydroxylation is 1. The molecule has 0 aliphatic heterocycles. The van der Waals surface area contributed by atoms with E-state index in [4.69, 9.17) is 9.47 Å². The summed E-state index contributed by atoms with van der Waals surface area (Å²) in [5.41, 5.74) is 3.50. The van der Waals surface area contributed by atoms with Crippen LogP contribution in [-0.4, -0.2) is 12.3 Å². The summed E-state index contributed by atoms with van der Waals surface area (Å²) in [6.45, 7) is 14.5. The Labute approximate surface area is 232 Å². The quantitative estimate of drug-likeness (QED) is 0.204. The highest BCUT2D eigenvalue weighted by molar-refractivity contribution is 5.64. The highest BCUT2D eigenvalue weighted by Crippen LogP contribution is 2.67. The van der Waals surface area contributed by atoms with Crippen LogP contribution in [0.5, 0.6) is 5.75 Å². The van der Waals surface area contributed by atoms with Gasteiger partial charge in [0.2, 0.25) is 0 Å². The molecule has 0 saturated heterocycles. The molecule has 0 amide bonds. The van der Waals surface area contributed by atoms with E-state index in [0.717, 1.165) is 60.3 Å². The fourth-order valence-corrected chi connectivity index (χ4v) is 9.62. The maximum Gasteiger partial charge on any atom is 0.514 e. The minimum Gasteiger partial charge on any atom is -0.430 e.